The average Bonchev–Trinajstić information content (AvgIpc) is 1.68. The van der Waals surface area contributed by atoms with Crippen molar-refractivity contribution >= 4 is 87.4 Å². The fourth-order valence-electron chi connectivity index (χ4n) is 13.7. The van der Waals surface area contributed by atoms with Gasteiger partial charge in [-0.1, -0.05) is 194 Å². The molecule has 410 valence electrons. The molecule has 0 radical (unpaired) electrons. The van der Waals surface area contributed by atoms with Crippen LogP contribution in [0.25, 0.3) is 172 Å². The Morgan fingerprint density at radius 3 is 1.22 bits per heavy atom. The Balaban J connectivity index is 0.806. The third-order valence-electron chi connectivity index (χ3n) is 17.8. The molecule has 5 aromatic heterocycles. The molecule has 5 heterocycles. The quantitative estimate of drug-likeness (QED) is 0.145. The van der Waals surface area contributed by atoms with Gasteiger partial charge in [-0.2, -0.15) is 0 Å². The van der Waals surface area contributed by atoms with Gasteiger partial charge in [0.05, 0.1) is 44.5 Å². The van der Waals surface area contributed by atoms with Crippen molar-refractivity contribution in [3.8, 4) is 84.3 Å². The Labute approximate surface area is 506 Å². The first kappa shape index (κ1) is 49.6. The molecule has 0 saturated carbocycles. The van der Waals surface area contributed by atoms with E-state index in [1.807, 2.05) is 12.1 Å². The number of fused-ring (bicyclic) bond motifs is 12. The summed E-state index contributed by atoms with van der Waals surface area (Å²) in [6, 6.07) is 111. The van der Waals surface area contributed by atoms with Crippen LogP contribution in [0.4, 0.5) is 0 Å². The third-order valence-corrected chi connectivity index (χ3v) is 17.8. The van der Waals surface area contributed by atoms with E-state index in [4.69, 9.17) is 14.4 Å². The number of para-hydroxylation sites is 5. The molecule has 0 atom stereocenters. The fraction of sp³-hybridized carbons (Fsp3) is 0. The second-order valence-electron chi connectivity index (χ2n) is 22.9. The number of rotatable bonds is 9. The van der Waals surface area contributed by atoms with Gasteiger partial charge in [0, 0.05) is 71.7 Å². The molecule has 0 N–H and O–H groups in total. The molecule has 6 heteroatoms. The lowest BCUT2D eigenvalue weighted by molar-refractivity contribution is 0.669. The summed E-state index contributed by atoms with van der Waals surface area (Å²) < 4.78 is 13.6. The van der Waals surface area contributed by atoms with Crippen molar-refractivity contribution in [3.05, 3.63) is 309 Å². The van der Waals surface area contributed by atoms with Crippen molar-refractivity contribution in [2.75, 3.05) is 0 Å². The van der Waals surface area contributed by atoms with E-state index in [0.29, 0.717) is 5.95 Å². The molecule has 88 heavy (non-hydrogen) atoms. The Hall–Kier alpha value is -11.9. The van der Waals surface area contributed by atoms with Gasteiger partial charge in [0.2, 0.25) is 5.95 Å². The van der Waals surface area contributed by atoms with Crippen LogP contribution in [-0.4, -0.2) is 23.7 Å². The van der Waals surface area contributed by atoms with E-state index in [1.54, 1.807) is 0 Å². The van der Waals surface area contributed by atoms with Crippen LogP contribution in [0.2, 0.25) is 0 Å². The number of nitrogens with zero attached hydrogens (tertiary/aromatic N) is 5. The molecular weight excluding hydrogens is 1070 g/mol. The zero-order valence-corrected chi connectivity index (χ0v) is 47.6. The summed E-state index contributed by atoms with van der Waals surface area (Å²) in [4.78, 5) is 11.2. The standard InChI is InChI=1S/C82H51N5O/c1-4-20-52(21-5-1)59-43-60(53-22-6-2-7-23-53)45-61(44-59)54-24-18-25-57(42-54)72-50-73(84-82(83-72)87-76-36-16-12-32-66(76)70-49-71-67-33-13-17-37-80(67)88-81(71)51-79(70)87)58-26-19-29-63(46-58)86-75-35-15-11-31-65(75)69-48-56(39-41-78(69)86)55-38-40-77-68(47-55)64-30-10-14-34-74(64)85(77)62-27-8-3-9-28-62/h1-51H. The Morgan fingerprint density at radius 2 is 0.614 bits per heavy atom. The van der Waals surface area contributed by atoms with Crippen molar-refractivity contribution in [1.29, 1.82) is 0 Å². The van der Waals surface area contributed by atoms with Crippen molar-refractivity contribution in [2.24, 2.45) is 0 Å². The van der Waals surface area contributed by atoms with Crippen LogP contribution in [0.5, 0.6) is 0 Å². The number of hydrogen-bond acceptors (Lipinski definition) is 3. The Kier molecular flexibility index (Phi) is 11.2. The Morgan fingerprint density at radius 1 is 0.205 bits per heavy atom. The number of hydrogen-bond donors (Lipinski definition) is 0. The molecule has 18 rings (SSSR count). The highest BCUT2D eigenvalue weighted by Crippen LogP contribution is 2.43. The van der Waals surface area contributed by atoms with Crippen LogP contribution < -0.4 is 0 Å². The summed E-state index contributed by atoms with van der Waals surface area (Å²) in [6.07, 6.45) is 0. The van der Waals surface area contributed by atoms with E-state index >= 15 is 0 Å². The fourth-order valence-corrected chi connectivity index (χ4v) is 13.7. The van der Waals surface area contributed by atoms with Gasteiger partial charge in [-0.25, -0.2) is 9.97 Å². The first-order valence-corrected chi connectivity index (χ1v) is 29.9. The molecule has 0 fully saturated rings. The first-order valence-electron chi connectivity index (χ1n) is 29.9. The molecular formula is C82H51N5O. The molecule has 6 nitrogen and oxygen atoms in total. The highest BCUT2D eigenvalue weighted by Gasteiger charge is 2.22. The van der Waals surface area contributed by atoms with Gasteiger partial charge < -0.3 is 13.6 Å². The minimum Gasteiger partial charge on any atom is -0.456 e. The summed E-state index contributed by atoms with van der Waals surface area (Å²) in [6.45, 7) is 0. The van der Waals surface area contributed by atoms with Gasteiger partial charge in [0.15, 0.2) is 0 Å². The van der Waals surface area contributed by atoms with Crippen LogP contribution in [-0.2, 0) is 0 Å². The van der Waals surface area contributed by atoms with E-state index < -0.39 is 0 Å². The predicted octanol–water partition coefficient (Wildman–Crippen LogP) is 21.7. The highest BCUT2D eigenvalue weighted by atomic mass is 16.3. The predicted molar refractivity (Wildman–Crippen MR) is 365 cm³/mol. The minimum absolute atomic E-state index is 0.564. The number of aromatic nitrogens is 5. The van der Waals surface area contributed by atoms with E-state index in [0.717, 1.165) is 111 Å². The minimum atomic E-state index is 0.564. The maximum Gasteiger partial charge on any atom is 0.235 e. The van der Waals surface area contributed by atoms with E-state index in [2.05, 4.69) is 311 Å². The Bertz CT molecular complexity index is 5750. The van der Waals surface area contributed by atoms with Crippen LogP contribution in [0, 0.1) is 0 Å². The summed E-state index contributed by atoms with van der Waals surface area (Å²) in [5.74, 6) is 0.564. The van der Waals surface area contributed by atoms with E-state index in [1.165, 1.54) is 54.8 Å². The first-order chi connectivity index (χ1) is 43.6. The molecule has 0 aliphatic rings. The zero-order valence-electron chi connectivity index (χ0n) is 47.6. The molecule has 0 saturated heterocycles. The highest BCUT2D eigenvalue weighted by molar-refractivity contribution is 6.18. The van der Waals surface area contributed by atoms with Gasteiger partial charge in [-0.3, -0.25) is 4.57 Å². The van der Waals surface area contributed by atoms with Crippen molar-refractivity contribution < 1.29 is 4.42 Å². The monoisotopic (exact) mass is 1120 g/mol. The SMILES string of the molecule is c1ccc(-c2cc(-c3ccccc3)cc(-c3cccc(-c4cc(-c5cccc(-n6c7ccccc7c7cc(-c8ccc9c(c8)c8ccccc8n9-c8ccccc8)ccc76)c5)nc(-n5c6ccccc6c6cc7c(cc65)oc5ccccc57)n4)c3)c2)cc1. The van der Waals surface area contributed by atoms with Gasteiger partial charge in [0.1, 0.15) is 11.2 Å². The molecule has 0 aliphatic heterocycles. The maximum atomic E-state index is 6.59. The molecule has 0 unspecified atom stereocenters. The molecule has 18 aromatic rings. The van der Waals surface area contributed by atoms with Crippen molar-refractivity contribution in [3.63, 3.8) is 0 Å². The van der Waals surface area contributed by atoms with Crippen LogP contribution in [0.3, 0.4) is 0 Å². The van der Waals surface area contributed by atoms with Crippen molar-refractivity contribution in [1.82, 2.24) is 23.7 Å². The van der Waals surface area contributed by atoms with Gasteiger partial charge >= 0.3 is 0 Å². The number of benzene rings is 13. The molecule has 0 aliphatic carbocycles. The smallest absolute Gasteiger partial charge is 0.235 e. The van der Waals surface area contributed by atoms with Crippen LogP contribution in [0.15, 0.2) is 314 Å². The lowest BCUT2D eigenvalue weighted by Gasteiger charge is -2.14. The zero-order chi connectivity index (χ0) is 57.8. The molecule has 0 amide bonds. The van der Waals surface area contributed by atoms with Gasteiger partial charge in [-0.05, 0) is 154 Å². The summed E-state index contributed by atoms with van der Waals surface area (Å²) in [5.41, 5.74) is 23.2. The normalized spacial score (nSPS) is 11.9. The molecule has 0 spiro atoms. The largest absolute Gasteiger partial charge is 0.456 e. The molecule has 0 bridgehead atoms. The topological polar surface area (TPSA) is 53.7 Å². The summed E-state index contributed by atoms with van der Waals surface area (Å²) in [5, 5.41) is 9.22. The van der Waals surface area contributed by atoms with E-state index in [-0.39, 0.29) is 0 Å². The average molecular weight is 1120 g/mol. The second kappa shape index (κ2) is 19.9. The molecule has 13 aromatic carbocycles. The second-order valence-corrected chi connectivity index (χ2v) is 22.9. The lowest BCUT2D eigenvalue weighted by atomic mass is 9.92. The van der Waals surface area contributed by atoms with Gasteiger partial charge in [0.25, 0.3) is 0 Å². The lowest BCUT2D eigenvalue weighted by Crippen LogP contribution is -2.04. The van der Waals surface area contributed by atoms with Gasteiger partial charge in [-0.15, -0.1) is 0 Å². The van der Waals surface area contributed by atoms with Crippen LogP contribution >= 0.6 is 0 Å². The van der Waals surface area contributed by atoms with Crippen molar-refractivity contribution in [2.45, 2.75) is 0 Å². The van der Waals surface area contributed by atoms with Crippen LogP contribution in [0.1, 0.15) is 0 Å². The van der Waals surface area contributed by atoms with E-state index in [9.17, 15) is 0 Å². The summed E-state index contributed by atoms with van der Waals surface area (Å²) >= 11 is 0. The number of furan rings is 1. The third kappa shape index (κ3) is 8.04. The summed E-state index contributed by atoms with van der Waals surface area (Å²) in [7, 11) is 0. The maximum absolute atomic E-state index is 6.59.